The van der Waals surface area contributed by atoms with Crippen LogP contribution in [0.15, 0.2) is 60.7 Å². The fourth-order valence-electron chi connectivity index (χ4n) is 4.27. The van der Waals surface area contributed by atoms with Crippen molar-refractivity contribution in [3.8, 4) is 0 Å². The predicted octanol–water partition coefficient (Wildman–Crippen LogP) is 2.88. The van der Waals surface area contributed by atoms with Gasteiger partial charge in [0.1, 0.15) is 0 Å². The zero-order valence-corrected chi connectivity index (χ0v) is 16.5. The minimum atomic E-state index is -0.143. The summed E-state index contributed by atoms with van der Waals surface area (Å²) in [6.07, 6.45) is 2.60. The van der Waals surface area contributed by atoms with Gasteiger partial charge >= 0.3 is 0 Å². The summed E-state index contributed by atoms with van der Waals surface area (Å²) < 4.78 is 0. The molecular formula is C23H31N3O. The Morgan fingerprint density at radius 3 is 2.11 bits per heavy atom. The van der Waals surface area contributed by atoms with Gasteiger partial charge in [-0.2, -0.15) is 0 Å². The van der Waals surface area contributed by atoms with Crippen LogP contribution < -0.4 is 5.73 Å². The molecule has 1 aliphatic rings. The third-order valence-corrected chi connectivity index (χ3v) is 6.03. The second-order valence-electron chi connectivity index (χ2n) is 7.74. The first-order chi connectivity index (χ1) is 13.1. The van der Waals surface area contributed by atoms with Crippen molar-refractivity contribution in [3.63, 3.8) is 0 Å². The van der Waals surface area contributed by atoms with Crippen LogP contribution in [0.5, 0.6) is 0 Å². The highest BCUT2D eigenvalue weighted by atomic mass is 16.2. The topological polar surface area (TPSA) is 49.6 Å². The summed E-state index contributed by atoms with van der Waals surface area (Å²) in [6, 6.07) is 20.8. The lowest BCUT2D eigenvalue weighted by molar-refractivity contribution is -0.138. The quantitative estimate of drug-likeness (QED) is 0.856. The van der Waals surface area contributed by atoms with Crippen LogP contribution in [-0.2, 0) is 16.8 Å². The van der Waals surface area contributed by atoms with Crippen LogP contribution in [0.1, 0.15) is 24.0 Å². The number of hydrogen-bond acceptors (Lipinski definition) is 3. The third-order valence-electron chi connectivity index (χ3n) is 6.03. The van der Waals surface area contributed by atoms with Crippen molar-refractivity contribution in [3.05, 3.63) is 71.8 Å². The molecule has 2 N–H and O–H groups in total. The van der Waals surface area contributed by atoms with Gasteiger partial charge in [0, 0.05) is 25.2 Å². The molecule has 0 aromatic heterocycles. The predicted molar refractivity (Wildman–Crippen MR) is 110 cm³/mol. The molecule has 1 fully saturated rings. The van der Waals surface area contributed by atoms with Gasteiger partial charge in [-0.05, 0) is 44.5 Å². The minimum absolute atomic E-state index is 0.00428. The number of hydrogen-bond donors (Lipinski definition) is 1. The summed E-state index contributed by atoms with van der Waals surface area (Å²) in [6.45, 7) is 1.94. The number of benzene rings is 2. The van der Waals surface area contributed by atoms with Crippen molar-refractivity contribution < 1.29 is 4.79 Å². The first kappa shape index (κ1) is 19.6. The van der Waals surface area contributed by atoms with Gasteiger partial charge in [-0.1, -0.05) is 60.7 Å². The fourth-order valence-corrected chi connectivity index (χ4v) is 4.27. The summed E-state index contributed by atoms with van der Waals surface area (Å²) in [4.78, 5) is 17.4. The molecule has 1 atom stereocenters. The molecule has 2 aromatic rings. The van der Waals surface area contributed by atoms with E-state index in [1.165, 1.54) is 11.1 Å². The van der Waals surface area contributed by atoms with E-state index in [2.05, 4.69) is 61.5 Å². The molecular weight excluding hydrogens is 334 g/mol. The lowest BCUT2D eigenvalue weighted by atomic mass is 9.79. The maximum atomic E-state index is 13.1. The van der Waals surface area contributed by atoms with Crippen molar-refractivity contribution in [1.29, 1.82) is 0 Å². The number of carbonyl (C=O) groups is 1. The minimum Gasteiger partial charge on any atom is -0.342 e. The molecule has 3 rings (SSSR count). The lowest BCUT2D eigenvalue weighted by Gasteiger charge is -2.47. The molecule has 2 aromatic carbocycles. The summed E-state index contributed by atoms with van der Waals surface area (Å²) in [5, 5.41) is 0. The Morgan fingerprint density at radius 2 is 1.59 bits per heavy atom. The molecule has 144 valence electrons. The van der Waals surface area contributed by atoms with E-state index < -0.39 is 0 Å². The van der Waals surface area contributed by atoms with Crippen molar-refractivity contribution in [1.82, 2.24) is 9.80 Å². The van der Waals surface area contributed by atoms with E-state index >= 15 is 0 Å². The van der Waals surface area contributed by atoms with Crippen LogP contribution in [0.3, 0.4) is 0 Å². The normalized spacial score (nSPS) is 17.7. The molecule has 4 heteroatoms. The number of nitrogens with zero attached hydrogens (tertiary/aromatic N) is 2. The second-order valence-corrected chi connectivity index (χ2v) is 7.74. The van der Waals surface area contributed by atoms with Gasteiger partial charge in [-0.15, -0.1) is 0 Å². The number of nitrogens with two attached hydrogens (primary N) is 1. The SMILES string of the molecule is CN(C)C1(c2ccccc2)CCN(C(=O)C(CN)Cc2ccccc2)CC1. The molecule has 0 radical (unpaired) electrons. The standard InChI is InChI=1S/C23H31N3O/c1-25(2)23(21-11-7-4-8-12-21)13-15-26(16-14-23)22(27)20(18-24)17-19-9-5-3-6-10-19/h3-12,20H,13-18,24H2,1-2H3. The van der Waals surface area contributed by atoms with Gasteiger partial charge in [-0.25, -0.2) is 0 Å². The first-order valence-electron chi connectivity index (χ1n) is 9.82. The molecule has 1 amide bonds. The van der Waals surface area contributed by atoms with Gasteiger partial charge in [0.15, 0.2) is 0 Å². The van der Waals surface area contributed by atoms with E-state index in [1.807, 2.05) is 23.1 Å². The second kappa shape index (κ2) is 8.68. The zero-order chi connectivity index (χ0) is 19.3. The van der Waals surface area contributed by atoms with Crippen LogP contribution in [0, 0.1) is 5.92 Å². The maximum Gasteiger partial charge on any atom is 0.227 e. The molecule has 1 aliphatic heterocycles. The first-order valence-corrected chi connectivity index (χ1v) is 9.82. The van der Waals surface area contributed by atoms with Crippen LogP contribution in [0.25, 0.3) is 0 Å². The van der Waals surface area contributed by atoms with Gasteiger partial charge in [0.05, 0.1) is 5.92 Å². The molecule has 27 heavy (non-hydrogen) atoms. The van der Waals surface area contributed by atoms with Gasteiger partial charge < -0.3 is 10.6 Å². The van der Waals surface area contributed by atoms with E-state index in [1.54, 1.807) is 0 Å². The van der Waals surface area contributed by atoms with Gasteiger partial charge in [0.2, 0.25) is 5.91 Å². The number of amides is 1. The number of piperidine rings is 1. The Bertz CT molecular complexity index is 722. The van der Waals surface area contributed by atoms with E-state index in [-0.39, 0.29) is 17.4 Å². The van der Waals surface area contributed by atoms with Crippen LogP contribution >= 0.6 is 0 Å². The van der Waals surface area contributed by atoms with E-state index in [0.29, 0.717) is 13.0 Å². The van der Waals surface area contributed by atoms with Crippen LogP contribution in [0.4, 0.5) is 0 Å². The monoisotopic (exact) mass is 365 g/mol. The van der Waals surface area contributed by atoms with Crippen LogP contribution in [-0.4, -0.2) is 49.4 Å². The Hall–Kier alpha value is -2.17. The van der Waals surface area contributed by atoms with Gasteiger partial charge in [-0.3, -0.25) is 9.69 Å². The highest BCUT2D eigenvalue weighted by molar-refractivity contribution is 5.79. The van der Waals surface area contributed by atoms with Crippen molar-refractivity contribution >= 4 is 5.91 Å². The molecule has 1 heterocycles. The van der Waals surface area contributed by atoms with Crippen LogP contribution in [0.2, 0.25) is 0 Å². The zero-order valence-electron chi connectivity index (χ0n) is 16.5. The van der Waals surface area contributed by atoms with Crippen molar-refractivity contribution in [2.75, 3.05) is 33.7 Å². The highest BCUT2D eigenvalue weighted by Gasteiger charge is 2.40. The average Bonchev–Trinajstić information content (AvgIpc) is 2.73. The summed E-state index contributed by atoms with van der Waals surface area (Å²) in [5.74, 6) is 0.0535. The van der Waals surface area contributed by atoms with Gasteiger partial charge in [0.25, 0.3) is 0 Å². The summed E-state index contributed by atoms with van der Waals surface area (Å²) in [5.41, 5.74) is 8.47. The molecule has 0 bridgehead atoms. The number of likely N-dealkylation sites (tertiary alicyclic amines) is 1. The highest BCUT2D eigenvalue weighted by Crippen LogP contribution is 2.37. The van der Waals surface area contributed by atoms with E-state index in [0.717, 1.165) is 25.9 Å². The average molecular weight is 366 g/mol. The van der Waals surface area contributed by atoms with Crippen molar-refractivity contribution in [2.45, 2.75) is 24.8 Å². The summed E-state index contributed by atoms with van der Waals surface area (Å²) in [7, 11) is 4.28. The Balaban J connectivity index is 1.69. The fraction of sp³-hybridized carbons (Fsp3) is 0.435. The number of carbonyl (C=O) groups excluding carboxylic acids is 1. The third kappa shape index (κ3) is 4.23. The smallest absolute Gasteiger partial charge is 0.227 e. The molecule has 0 spiro atoms. The number of rotatable bonds is 6. The Labute approximate surface area is 163 Å². The molecule has 1 saturated heterocycles. The molecule has 1 unspecified atom stereocenters. The lowest BCUT2D eigenvalue weighted by Crippen LogP contribution is -2.53. The van der Waals surface area contributed by atoms with Crippen molar-refractivity contribution in [2.24, 2.45) is 11.7 Å². The Kier molecular flexibility index (Phi) is 6.30. The molecule has 0 aliphatic carbocycles. The van der Waals surface area contributed by atoms with E-state index in [9.17, 15) is 4.79 Å². The Morgan fingerprint density at radius 1 is 1.04 bits per heavy atom. The summed E-state index contributed by atoms with van der Waals surface area (Å²) >= 11 is 0. The maximum absolute atomic E-state index is 13.1. The molecule has 4 nitrogen and oxygen atoms in total. The van der Waals surface area contributed by atoms with E-state index in [4.69, 9.17) is 5.73 Å². The molecule has 0 saturated carbocycles. The largest absolute Gasteiger partial charge is 0.342 e.